The van der Waals surface area contributed by atoms with Crippen LogP contribution in [0.25, 0.3) is 22.3 Å². The quantitative estimate of drug-likeness (QED) is 0.536. The monoisotopic (exact) mass is 284 g/mol. The van der Waals surface area contributed by atoms with Crippen molar-refractivity contribution >= 4 is 22.3 Å². The highest BCUT2D eigenvalue weighted by Gasteiger charge is 2.22. The number of nitro groups is 2. The Hall–Kier alpha value is -3.22. The van der Waals surface area contributed by atoms with Gasteiger partial charge in [0.1, 0.15) is 11.3 Å². The van der Waals surface area contributed by atoms with E-state index in [1.54, 1.807) is 24.3 Å². The van der Waals surface area contributed by atoms with Gasteiger partial charge in [0.05, 0.1) is 27.4 Å². The van der Waals surface area contributed by atoms with Crippen LogP contribution in [0, 0.1) is 20.2 Å². The van der Waals surface area contributed by atoms with E-state index in [9.17, 15) is 20.2 Å². The van der Waals surface area contributed by atoms with Crippen LogP contribution in [0.1, 0.15) is 0 Å². The molecule has 0 N–H and O–H groups in total. The molecule has 0 aliphatic carbocycles. The molecule has 0 unspecified atom stereocenters. The molecule has 21 heavy (non-hydrogen) atoms. The highest BCUT2D eigenvalue weighted by molar-refractivity contribution is 5.92. The maximum Gasteiger partial charge on any atom is 0.287 e. The summed E-state index contributed by atoms with van der Waals surface area (Å²) in [4.78, 5) is 20.6. The van der Waals surface area contributed by atoms with Gasteiger partial charge in [-0.2, -0.15) is 0 Å². The number of fused-ring (bicyclic) bond motifs is 1. The molecule has 1 aromatic heterocycles. The molecule has 1 heterocycles. The standard InChI is InChI=1S/C14H8N2O5/c17-15(18)10-6-12(16(19)20)11-8-13(21-14(11)7-10)9-4-2-1-3-5-9/h1-8H. The van der Waals surface area contributed by atoms with Gasteiger partial charge in [-0.15, -0.1) is 0 Å². The summed E-state index contributed by atoms with van der Waals surface area (Å²) >= 11 is 0. The van der Waals surface area contributed by atoms with Crippen molar-refractivity contribution in [3.8, 4) is 11.3 Å². The van der Waals surface area contributed by atoms with E-state index >= 15 is 0 Å². The van der Waals surface area contributed by atoms with Crippen molar-refractivity contribution in [3.63, 3.8) is 0 Å². The lowest BCUT2D eigenvalue weighted by Crippen LogP contribution is -1.92. The number of rotatable bonds is 3. The molecule has 0 saturated carbocycles. The minimum atomic E-state index is -0.683. The SMILES string of the molecule is O=[N+]([O-])c1cc([N+](=O)[O-])c2cc(-c3ccccc3)oc2c1. The van der Waals surface area contributed by atoms with Crippen molar-refractivity contribution in [2.75, 3.05) is 0 Å². The zero-order valence-corrected chi connectivity index (χ0v) is 10.6. The highest BCUT2D eigenvalue weighted by Crippen LogP contribution is 2.36. The molecule has 0 spiro atoms. The van der Waals surface area contributed by atoms with Gasteiger partial charge in [0.2, 0.25) is 0 Å². The summed E-state index contributed by atoms with van der Waals surface area (Å²) in [5, 5.41) is 22.2. The first-order valence-corrected chi connectivity index (χ1v) is 5.98. The second-order valence-electron chi connectivity index (χ2n) is 4.37. The fourth-order valence-electron chi connectivity index (χ4n) is 2.11. The first-order chi connectivity index (χ1) is 10.1. The van der Waals surface area contributed by atoms with Gasteiger partial charge in [0.25, 0.3) is 11.4 Å². The van der Waals surface area contributed by atoms with Crippen LogP contribution < -0.4 is 0 Å². The van der Waals surface area contributed by atoms with Crippen LogP contribution in [0.3, 0.4) is 0 Å². The average Bonchev–Trinajstić information content (AvgIpc) is 2.90. The topological polar surface area (TPSA) is 99.4 Å². The maximum absolute atomic E-state index is 11.1. The molecule has 7 nitrogen and oxygen atoms in total. The maximum atomic E-state index is 11.1. The molecule has 0 atom stereocenters. The van der Waals surface area contributed by atoms with Gasteiger partial charge in [-0.1, -0.05) is 30.3 Å². The van der Waals surface area contributed by atoms with Crippen LogP contribution in [-0.4, -0.2) is 9.85 Å². The number of nitrogens with zero attached hydrogens (tertiary/aromatic N) is 2. The van der Waals surface area contributed by atoms with Crippen molar-refractivity contribution in [1.82, 2.24) is 0 Å². The molecule has 0 aliphatic heterocycles. The summed E-state index contributed by atoms with van der Waals surface area (Å²) in [6.45, 7) is 0. The number of hydrogen-bond acceptors (Lipinski definition) is 5. The van der Waals surface area contributed by atoms with Crippen LogP contribution in [0.15, 0.2) is 52.9 Å². The smallest absolute Gasteiger partial charge is 0.287 e. The summed E-state index contributed by atoms with van der Waals surface area (Å²) in [5.41, 5.74) is 0.147. The molecule has 104 valence electrons. The predicted molar refractivity (Wildman–Crippen MR) is 75.0 cm³/mol. The predicted octanol–water partition coefficient (Wildman–Crippen LogP) is 3.92. The molecule has 0 amide bonds. The fourth-order valence-corrected chi connectivity index (χ4v) is 2.11. The van der Waals surface area contributed by atoms with Crippen molar-refractivity contribution < 1.29 is 14.3 Å². The first-order valence-electron chi connectivity index (χ1n) is 5.98. The largest absolute Gasteiger partial charge is 0.456 e. The zero-order valence-electron chi connectivity index (χ0n) is 10.6. The second-order valence-corrected chi connectivity index (χ2v) is 4.37. The van der Waals surface area contributed by atoms with Crippen molar-refractivity contribution in [3.05, 3.63) is 68.8 Å². The van der Waals surface area contributed by atoms with Gasteiger partial charge in [0, 0.05) is 5.56 Å². The van der Waals surface area contributed by atoms with Crippen LogP contribution in [0.4, 0.5) is 11.4 Å². The lowest BCUT2D eigenvalue weighted by Gasteiger charge is -1.94. The molecule has 0 saturated heterocycles. The van der Waals surface area contributed by atoms with E-state index in [2.05, 4.69) is 0 Å². The van der Waals surface area contributed by atoms with Crippen LogP contribution in [0.2, 0.25) is 0 Å². The van der Waals surface area contributed by atoms with Crippen LogP contribution in [0.5, 0.6) is 0 Å². The van der Waals surface area contributed by atoms with Crippen molar-refractivity contribution in [1.29, 1.82) is 0 Å². The number of non-ortho nitro benzene ring substituents is 2. The molecule has 0 bridgehead atoms. The second kappa shape index (κ2) is 4.71. The van der Waals surface area contributed by atoms with Gasteiger partial charge in [-0.05, 0) is 6.07 Å². The summed E-state index contributed by atoms with van der Waals surface area (Å²) in [6, 6.07) is 12.7. The molecule has 3 rings (SSSR count). The van der Waals surface area contributed by atoms with E-state index in [0.717, 1.165) is 11.6 Å². The van der Waals surface area contributed by atoms with Crippen LogP contribution >= 0.6 is 0 Å². The Morgan fingerprint density at radius 1 is 0.905 bits per heavy atom. The summed E-state index contributed by atoms with van der Waals surface area (Å²) in [7, 11) is 0. The molecular formula is C14H8N2O5. The molecule has 7 heteroatoms. The number of nitro benzene ring substituents is 2. The first kappa shape index (κ1) is 12.8. The lowest BCUT2D eigenvalue weighted by atomic mass is 10.1. The molecule has 0 fully saturated rings. The Balaban J connectivity index is 2.27. The minimum Gasteiger partial charge on any atom is -0.456 e. The molecule has 2 aromatic carbocycles. The van der Waals surface area contributed by atoms with Gasteiger partial charge in [-0.3, -0.25) is 20.2 Å². The van der Waals surface area contributed by atoms with Gasteiger partial charge in [-0.25, -0.2) is 0 Å². The Labute approximate surface area is 117 Å². The number of furan rings is 1. The van der Waals surface area contributed by atoms with Gasteiger partial charge in [0.15, 0.2) is 0 Å². The molecular weight excluding hydrogens is 276 g/mol. The van der Waals surface area contributed by atoms with E-state index < -0.39 is 9.85 Å². The lowest BCUT2D eigenvalue weighted by molar-refractivity contribution is -0.393. The third kappa shape index (κ3) is 2.20. The summed E-state index contributed by atoms with van der Waals surface area (Å²) in [5.74, 6) is 0.425. The van der Waals surface area contributed by atoms with E-state index in [-0.39, 0.29) is 22.3 Å². The zero-order chi connectivity index (χ0) is 15.0. The average molecular weight is 284 g/mol. The Morgan fingerprint density at radius 2 is 1.62 bits per heavy atom. The highest BCUT2D eigenvalue weighted by atomic mass is 16.6. The van der Waals surface area contributed by atoms with Crippen molar-refractivity contribution in [2.45, 2.75) is 0 Å². The Bertz CT molecular complexity index is 854. The van der Waals surface area contributed by atoms with Crippen LogP contribution in [-0.2, 0) is 0 Å². The number of hydrogen-bond donors (Lipinski definition) is 0. The normalized spacial score (nSPS) is 10.7. The molecule has 0 radical (unpaired) electrons. The van der Waals surface area contributed by atoms with Gasteiger partial charge >= 0.3 is 0 Å². The van der Waals surface area contributed by atoms with Gasteiger partial charge < -0.3 is 4.42 Å². The van der Waals surface area contributed by atoms with E-state index in [0.29, 0.717) is 5.76 Å². The third-order valence-corrected chi connectivity index (χ3v) is 3.07. The fraction of sp³-hybridized carbons (Fsp3) is 0. The third-order valence-electron chi connectivity index (χ3n) is 3.07. The minimum absolute atomic E-state index is 0.120. The van der Waals surface area contributed by atoms with E-state index in [1.807, 2.05) is 6.07 Å². The molecule has 3 aromatic rings. The molecule has 0 aliphatic rings. The Kier molecular flexibility index (Phi) is 2.87. The van der Waals surface area contributed by atoms with E-state index in [4.69, 9.17) is 4.42 Å². The Morgan fingerprint density at radius 3 is 2.24 bits per heavy atom. The summed E-state index contributed by atoms with van der Waals surface area (Å²) < 4.78 is 5.53. The summed E-state index contributed by atoms with van der Waals surface area (Å²) in [6.07, 6.45) is 0. The van der Waals surface area contributed by atoms with Crippen molar-refractivity contribution in [2.24, 2.45) is 0 Å². The van der Waals surface area contributed by atoms with E-state index in [1.165, 1.54) is 12.1 Å². The number of benzene rings is 2.